The van der Waals surface area contributed by atoms with E-state index in [9.17, 15) is 0 Å². The molecule has 0 saturated carbocycles. The van der Waals surface area contributed by atoms with Crippen LogP contribution >= 0.6 is 0 Å². The van der Waals surface area contributed by atoms with Gasteiger partial charge in [0.05, 0.1) is 17.3 Å². The lowest BCUT2D eigenvalue weighted by Crippen LogP contribution is -2.34. The summed E-state index contributed by atoms with van der Waals surface area (Å²) >= 11 is 0. The van der Waals surface area contributed by atoms with Gasteiger partial charge in [-0.05, 0) is 34.5 Å². The summed E-state index contributed by atoms with van der Waals surface area (Å²) in [5.74, 6) is 1.71. The molecule has 0 aromatic heterocycles. The molecule has 2 aliphatic rings. The zero-order valence-electron chi connectivity index (χ0n) is 20.3. The predicted octanol–water partition coefficient (Wildman–Crippen LogP) is 7.66. The number of nitrogens with zero attached hydrogens (tertiary/aromatic N) is 2. The molecule has 2 aliphatic heterocycles. The SMILES string of the molecule is c1ccc(COc2ccccc2[C@H]2Oc3ccccc3[C@H]3CC(c4cccc5ccccc45)=NN32)cc1. The Kier molecular flexibility index (Phi) is 5.36. The fourth-order valence-corrected chi connectivity index (χ4v) is 5.43. The minimum Gasteiger partial charge on any atom is -0.488 e. The summed E-state index contributed by atoms with van der Waals surface area (Å²) in [6, 6.07) is 41.8. The molecule has 2 heterocycles. The van der Waals surface area contributed by atoms with Crippen molar-refractivity contribution in [3.05, 3.63) is 144 Å². The van der Waals surface area contributed by atoms with Gasteiger partial charge >= 0.3 is 0 Å². The molecule has 7 rings (SSSR count). The maximum absolute atomic E-state index is 6.64. The summed E-state index contributed by atoms with van der Waals surface area (Å²) in [7, 11) is 0. The molecule has 5 aromatic rings. The van der Waals surface area contributed by atoms with Crippen LogP contribution in [0.4, 0.5) is 0 Å². The van der Waals surface area contributed by atoms with Gasteiger partial charge in [-0.2, -0.15) is 5.10 Å². The summed E-state index contributed by atoms with van der Waals surface area (Å²) in [4.78, 5) is 0. The molecule has 0 unspecified atom stereocenters. The van der Waals surface area contributed by atoms with Crippen LogP contribution < -0.4 is 9.47 Å². The average molecular weight is 483 g/mol. The van der Waals surface area contributed by atoms with Gasteiger partial charge in [0.2, 0.25) is 6.23 Å². The van der Waals surface area contributed by atoms with Crippen molar-refractivity contribution in [1.29, 1.82) is 0 Å². The second-order valence-corrected chi connectivity index (χ2v) is 9.49. The van der Waals surface area contributed by atoms with E-state index in [0.717, 1.165) is 34.8 Å². The molecule has 0 N–H and O–H groups in total. The number of ether oxygens (including phenoxy) is 2. The van der Waals surface area contributed by atoms with Gasteiger partial charge in [-0.25, -0.2) is 5.01 Å². The first kappa shape index (κ1) is 21.7. The molecule has 4 heteroatoms. The molecule has 180 valence electrons. The molecule has 0 fully saturated rings. The number of hydrogen-bond acceptors (Lipinski definition) is 4. The number of para-hydroxylation sites is 2. The van der Waals surface area contributed by atoms with Gasteiger partial charge in [-0.3, -0.25) is 0 Å². The van der Waals surface area contributed by atoms with Crippen LogP contribution in [0.1, 0.15) is 40.9 Å². The van der Waals surface area contributed by atoms with Gasteiger partial charge < -0.3 is 9.47 Å². The van der Waals surface area contributed by atoms with Gasteiger partial charge in [0, 0.05) is 17.5 Å². The van der Waals surface area contributed by atoms with Crippen molar-refractivity contribution in [3.63, 3.8) is 0 Å². The second-order valence-electron chi connectivity index (χ2n) is 9.49. The van der Waals surface area contributed by atoms with Crippen LogP contribution in [-0.2, 0) is 6.61 Å². The molecule has 0 radical (unpaired) electrons. The summed E-state index contributed by atoms with van der Waals surface area (Å²) in [6.07, 6.45) is 0.428. The topological polar surface area (TPSA) is 34.1 Å². The van der Waals surface area contributed by atoms with Crippen LogP contribution in [0, 0.1) is 0 Å². The standard InChI is InChI=1S/C33H26N2O2/c1-2-11-23(12-3-1)22-36-31-19-8-7-17-28(31)33-35-30(27-16-6-9-20-32(27)37-33)21-29(34-35)26-18-10-14-24-13-4-5-15-25(24)26/h1-20,30,33H,21-22H2/t30-,33-/m1/s1. The summed E-state index contributed by atoms with van der Waals surface area (Å²) in [6.45, 7) is 0.495. The van der Waals surface area contributed by atoms with Crippen LogP contribution in [0.5, 0.6) is 11.5 Å². The quantitative estimate of drug-likeness (QED) is 0.258. The van der Waals surface area contributed by atoms with Gasteiger partial charge in [0.15, 0.2) is 0 Å². The van der Waals surface area contributed by atoms with E-state index < -0.39 is 0 Å². The molecule has 0 aliphatic carbocycles. The molecular formula is C33H26N2O2. The third-order valence-electron chi connectivity index (χ3n) is 7.22. The lowest BCUT2D eigenvalue weighted by atomic mass is 9.93. The number of hydrazone groups is 1. The lowest BCUT2D eigenvalue weighted by Gasteiger charge is -2.38. The fourth-order valence-electron chi connectivity index (χ4n) is 5.43. The molecule has 5 aromatic carbocycles. The number of fused-ring (bicyclic) bond motifs is 4. The van der Waals surface area contributed by atoms with E-state index in [1.54, 1.807) is 0 Å². The zero-order valence-corrected chi connectivity index (χ0v) is 20.3. The molecule has 0 spiro atoms. The Labute approximate surface area is 216 Å². The van der Waals surface area contributed by atoms with E-state index in [4.69, 9.17) is 14.6 Å². The molecule has 0 saturated heterocycles. The fraction of sp³-hybridized carbons (Fsp3) is 0.121. The van der Waals surface area contributed by atoms with Crippen molar-refractivity contribution in [3.8, 4) is 11.5 Å². The first-order chi connectivity index (χ1) is 18.3. The highest BCUT2D eigenvalue weighted by Crippen LogP contribution is 2.49. The highest BCUT2D eigenvalue weighted by atomic mass is 16.5. The van der Waals surface area contributed by atoms with Gasteiger partial charge in [0.1, 0.15) is 18.1 Å². The second kappa shape index (κ2) is 9.14. The van der Waals surface area contributed by atoms with E-state index in [1.165, 1.54) is 21.9 Å². The van der Waals surface area contributed by atoms with Crippen molar-refractivity contribution in [2.45, 2.75) is 25.3 Å². The van der Waals surface area contributed by atoms with Crippen molar-refractivity contribution in [2.24, 2.45) is 5.10 Å². The molecule has 2 atom stereocenters. The van der Waals surface area contributed by atoms with Crippen LogP contribution in [0.15, 0.2) is 126 Å². The minimum absolute atomic E-state index is 0.0890. The predicted molar refractivity (Wildman–Crippen MR) is 147 cm³/mol. The van der Waals surface area contributed by atoms with Gasteiger partial charge in [-0.15, -0.1) is 0 Å². The average Bonchev–Trinajstić information content (AvgIpc) is 3.42. The Morgan fingerprint density at radius 2 is 1.46 bits per heavy atom. The Hall–Kier alpha value is -4.57. The van der Waals surface area contributed by atoms with E-state index in [2.05, 4.69) is 83.9 Å². The van der Waals surface area contributed by atoms with Crippen LogP contribution in [0.3, 0.4) is 0 Å². The van der Waals surface area contributed by atoms with Gasteiger partial charge in [-0.1, -0.05) is 103 Å². The van der Waals surface area contributed by atoms with Crippen molar-refractivity contribution >= 4 is 16.5 Å². The zero-order chi connectivity index (χ0) is 24.6. The number of rotatable bonds is 5. The third-order valence-corrected chi connectivity index (χ3v) is 7.22. The molecule has 37 heavy (non-hydrogen) atoms. The van der Waals surface area contributed by atoms with Gasteiger partial charge in [0.25, 0.3) is 0 Å². The minimum atomic E-state index is -0.389. The molecule has 0 amide bonds. The van der Waals surface area contributed by atoms with Crippen molar-refractivity contribution in [2.75, 3.05) is 0 Å². The third kappa shape index (κ3) is 3.91. The van der Waals surface area contributed by atoms with E-state index in [0.29, 0.717) is 6.61 Å². The highest BCUT2D eigenvalue weighted by Gasteiger charge is 2.42. The number of benzene rings is 5. The van der Waals surface area contributed by atoms with Crippen LogP contribution in [0.2, 0.25) is 0 Å². The Morgan fingerprint density at radius 1 is 0.730 bits per heavy atom. The van der Waals surface area contributed by atoms with Crippen molar-refractivity contribution in [1.82, 2.24) is 5.01 Å². The summed E-state index contributed by atoms with van der Waals surface area (Å²) in [5.41, 5.74) is 5.52. The molecular weight excluding hydrogens is 456 g/mol. The van der Waals surface area contributed by atoms with Crippen LogP contribution in [-0.4, -0.2) is 10.7 Å². The summed E-state index contributed by atoms with van der Waals surface area (Å²) in [5, 5.41) is 9.79. The maximum Gasteiger partial charge on any atom is 0.217 e. The molecule has 0 bridgehead atoms. The van der Waals surface area contributed by atoms with E-state index >= 15 is 0 Å². The first-order valence-corrected chi connectivity index (χ1v) is 12.7. The Bertz CT molecular complexity index is 1610. The lowest BCUT2D eigenvalue weighted by molar-refractivity contribution is -0.0207. The Balaban J connectivity index is 1.30. The highest BCUT2D eigenvalue weighted by molar-refractivity contribution is 6.11. The van der Waals surface area contributed by atoms with Crippen LogP contribution in [0.25, 0.3) is 10.8 Å². The summed E-state index contributed by atoms with van der Waals surface area (Å²) < 4.78 is 13.0. The largest absolute Gasteiger partial charge is 0.488 e. The first-order valence-electron chi connectivity index (χ1n) is 12.7. The smallest absolute Gasteiger partial charge is 0.217 e. The normalized spacial score (nSPS) is 18.1. The van der Waals surface area contributed by atoms with E-state index in [1.807, 2.05) is 42.5 Å². The van der Waals surface area contributed by atoms with E-state index in [-0.39, 0.29) is 12.3 Å². The number of hydrogen-bond donors (Lipinski definition) is 0. The Morgan fingerprint density at radius 3 is 2.38 bits per heavy atom. The monoisotopic (exact) mass is 482 g/mol. The molecule has 4 nitrogen and oxygen atoms in total. The van der Waals surface area contributed by atoms with Crippen molar-refractivity contribution < 1.29 is 9.47 Å². The maximum atomic E-state index is 6.64.